The molecule has 1 aromatic carbocycles. The summed E-state index contributed by atoms with van der Waals surface area (Å²) in [6.07, 6.45) is -4.04. The number of fused-ring (bicyclic) bond motifs is 1. The number of alkyl halides is 3. The summed E-state index contributed by atoms with van der Waals surface area (Å²) < 4.78 is 62.1. The number of rotatable bonds is 2. The molecule has 3 heterocycles. The molecule has 1 unspecified atom stereocenters. The van der Waals surface area contributed by atoms with Crippen LogP contribution in [0, 0.1) is 5.82 Å². The van der Waals surface area contributed by atoms with Gasteiger partial charge in [-0.2, -0.15) is 18.3 Å². The van der Waals surface area contributed by atoms with Crippen LogP contribution in [0.2, 0.25) is 0 Å². The quantitative estimate of drug-likeness (QED) is 0.619. The lowest BCUT2D eigenvalue weighted by atomic mass is 10.0. The van der Waals surface area contributed by atoms with E-state index in [2.05, 4.69) is 10.1 Å². The minimum Gasteiger partial charge on any atom is -0.382 e. The molecule has 2 N–H and O–H groups in total. The fourth-order valence-corrected chi connectivity index (χ4v) is 3.83. The summed E-state index contributed by atoms with van der Waals surface area (Å²) in [4.78, 5) is 17.7. The second-order valence-electron chi connectivity index (χ2n) is 7.87. The summed E-state index contributed by atoms with van der Waals surface area (Å²) in [5.41, 5.74) is 3.30. The van der Waals surface area contributed by atoms with Gasteiger partial charge in [0.05, 0.1) is 29.6 Å². The summed E-state index contributed by atoms with van der Waals surface area (Å²) in [5.74, 6) is -1.48. The third-order valence-corrected chi connectivity index (χ3v) is 5.12. The van der Waals surface area contributed by atoms with Crippen molar-refractivity contribution in [2.24, 2.45) is 0 Å². The Morgan fingerprint density at radius 2 is 1.97 bits per heavy atom. The van der Waals surface area contributed by atoms with Gasteiger partial charge in [0.15, 0.2) is 5.82 Å². The molecule has 7 nitrogen and oxygen atoms in total. The Morgan fingerprint density at radius 3 is 2.65 bits per heavy atom. The van der Waals surface area contributed by atoms with Crippen LogP contribution in [0.3, 0.4) is 0 Å². The predicted octanol–water partition coefficient (Wildman–Crippen LogP) is 3.67. The molecule has 2 aromatic heterocycles. The number of hydrogen-bond donors (Lipinski definition) is 1. The summed E-state index contributed by atoms with van der Waals surface area (Å²) in [7, 11) is 0. The van der Waals surface area contributed by atoms with Gasteiger partial charge < -0.3 is 15.4 Å². The highest BCUT2D eigenvalue weighted by atomic mass is 19.4. The smallest absolute Gasteiger partial charge is 0.382 e. The zero-order chi connectivity index (χ0) is 22.7. The van der Waals surface area contributed by atoms with Crippen LogP contribution in [0.1, 0.15) is 26.3 Å². The van der Waals surface area contributed by atoms with Crippen LogP contribution in [-0.2, 0) is 15.7 Å². The van der Waals surface area contributed by atoms with Gasteiger partial charge in [0.25, 0.3) is 5.91 Å². The number of morpholine rings is 1. The molecule has 11 heteroatoms. The van der Waals surface area contributed by atoms with E-state index < -0.39 is 34.6 Å². The number of halogens is 4. The van der Waals surface area contributed by atoms with Gasteiger partial charge in [0.2, 0.25) is 0 Å². The van der Waals surface area contributed by atoms with E-state index in [1.165, 1.54) is 17.0 Å². The number of nitrogens with zero attached hydrogens (tertiary/aromatic N) is 4. The third kappa shape index (κ3) is 3.48. The van der Waals surface area contributed by atoms with E-state index in [0.29, 0.717) is 0 Å². The Kier molecular flexibility index (Phi) is 4.69. The van der Waals surface area contributed by atoms with Gasteiger partial charge in [0.1, 0.15) is 23.3 Å². The zero-order valence-corrected chi connectivity index (χ0v) is 16.9. The predicted molar refractivity (Wildman–Crippen MR) is 105 cm³/mol. The molecule has 0 saturated carbocycles. The van der Waals surface area contributed by atoms with Crippen LogP contribution in [0.5, 0.6) is 0 Å². The van der Waals surface area contributed by atoms with Crippen LogP contribution in [0.4, 0.5) is 29.1 Å². The third-order valence-electron chi connectivity index (χ3n) is 5.12. The van der Waals surface area contributed by atoms with Crippen molar-refractivity contribution in [3.8, 4) is 11.3 Å². The van der Waals surface area contributed by atoms with Gasteiger partial charge in [-0.1, -0.05) is 0 Å². The van der Waals surface area contributed by atoms with Crippen molar-refractivity contribution in [3.63, 3.8) is 0 Å². The second kappa shape index (κ2) is 6.91. The Bertz CT molecular complexity index is 1190. The number of nitrogens with two attached hydrogens (primary N) is 1. The molecule has 1 amide bonds. The maximum atomic E-state index is 14.7. The molecule has 1 fully saturated rings. The first-order valence-electron chi connectivity index (χ1n) is 9.39. The Morgan fingerprint density at radius 1 is 1.26 bits per heavy atom. The number of nitrogen functional groups attached to an aromatic ring is 1. The summed E-state index contributed by atoms with van der Waals surface area (Å²) in [5, 5.41) is 3.90. The lowest BCUT2D eigenvalue weighted by Gasteiger charge is -2.40. The molecular formula is C20H19F4N5O2. The number of carbonyl (C=O) groups excluding carboxylic acids is 1. The summed E-state index contributed by atoms with van der Waals surface area (Å²) in [6, 6.07) is 4.62. The van der Waals surface area contributed by atoms with Crippen molar-refractivity contribution >= 4 is 22.9 Å². The fraction of sp³-hybridized carbons (Fsp3) is 0.350. The molecule has 0 bridgehead atoms. The highest BCUT2D eigenvalue weighted by molar-refractivity contribution is 6.00. The number of benzene rings is 1. The molecule has 164 valence electrons. The molecule has 31 heavy (non-hydrogen) atoms. The molecule has 0 aliphatic carbocycles. The van der Waals surface area contributed by atoms with Gasteiger partial charge in [0, 0.05) is 5.56 Å². The summed E-state index contributed by atoms with van der Waals surface area (Å²) >= 11 is 0. The molecule has 3 aromatic rings. The average molecular weight is 437 g/mol. The van der Waals surface area contributed by atoms with Crippen molar-refractivity contribution in [1.29, 1.82) is 0 Å². The minimum atomic E-state index is -4.70. The number of hydrogen-bond acceptors (Lipinski definition) is 5. The first-order valence-corrected chi connectivity index (χ1v) is 9.39. The van der Waals surface area contributed by atoms with Crippen LogP contribution in [0.25, 0.3) is 16.8 Å². The van der Waals surface area contributed by atoms with E-state index in [1.807, 2.05) is 0 Å². The molecule has 1 aliphatic rings. The molecule has 1 saturated heterocycles. The van der Waals surface area contributed by atoms with Crippen molar-refractivity contribution < 1.29 is 27.1 Å². The van der Waals surface area contributed by atoms with Gasteiger partial charge >= 0.3 is 6.18 Å². The standard InChI is InChI=1S/C20H19F4N5O2/c1-10-8-28(18(30)19(2,3)31-10)15-6-11(4-5-13(15)21)14-7-12(20(22,23)24)16-17(25)26-9-27-29(14)16/h4-7,9-10H,8H2,1-3H3,(H2,25,26,27). The van der Waals surface area contributed by atoms with E-state index >= 15 is 0 Å². The maximum absolute atomic E-state index is 14.7. The number of amides is 1. The lowest BCUT2D eigenvalue weighted by Crippen LogP contribution is -2.56. The molecule has 1 aliphatic heterocycles. The number of aromatic nitrogens is 3. The Balaban J connectivity index is 1.90. The molecule has 1 atom stereocenters. The average Bonchev–Trinajstić information content (AvgIpc) is 3.06. The van der Waals surface area contributed by atoms with Crippen molar-refractivity contribution in [2.45, 2.75) is 38.7 Å². The molecule has 0 radical (unpaired) electrons. The van der Waals surface area contributed by atoms with E-state index in [0.717, 1.165) is 23.0 Å². The fourth-order valence-electron chi connectivity index (χ4n) is 3.83. The number of carbonyl (C=O) groups is 1. The highest BCUT2D eigenvalue weighted by Crippen LogP contribution is 2.40. The molecule has 4 rings (SSSR count). The van der Waals surface area contributed by atoms with Gasteiger partial charge in [-0.05, 0) is 45.0 Å². The maximum Gasteiger partial charge on any atom is 0.418 e. The van der Waals surface area contributed by atoms with E-state index in [4.69, 9.17) is 10.5 Å². The number of ether oxygens (including phenoxy) is 1. The van der Waals surface area contributed by atoms with Crippen LogP contribution in [-0.4, -0.2) is 38.8 Å². The first-order chi connectivity index (χ1) is 14.4. The number of anilines is 2. The van der Waals surface area contributed by atoms with Crippen molar-refractivity contribution in [2.75, 3.05) is 17.2 Å². The minimum absolute atomic E-state index is 0.0330. The van der Waals surface area contributed by atoms with Gasteiger partial charge in [-0.25, -0.2) is 13.9 Å². The zero-order valence-electron chi connectivity index (χ0n) is 16.9. The van der Waals surface area contributed by atoms with Crippen LogP contribution < -0.4 is 10.6 Å². The SMILES string of the molecule is CC1CN(c2cc(-c3cc(C(F)(F)F)c4c(N)ncnn34)ccc2F)C(=O)C(C)(C)O1. The van der Waals surface area contributed by atoms with Gasteiger partial charge in [-0.15, -0.1) is 0 Å². The molecular weight excluding hydrogens is 418 g/mol. The Labute approximate surface area is 174 Å². The van der Waals surface area contributed by atoms with Crippen molar-refractivity contribution in [1.82, 2.24) is 14.6 Å². The largest absolute Gasteiger partial charge is 0.418 e. The van der Waals surface area contributed by atoms with Gasteiger partial charge in [-0.3, -0.25) is 4.79 Å². The molecule has 0 spiro atoms. The van der Waals surface area contributed by atoms with E-state index in [1.54, 1.807) is 20.8 Å². The first kappa shape index (κ1) is 21.0. The van der Waals surface area contributed by atoms with E-state index in [-0.39, 0.29) is 35.4 Å². The van der Waals surface area contributed by atoms with Crippen LogP contribution >= 0.6 is 0 Å². The van der Waals surface area contributed by atoms with Crippen LogP contribution in [0.15, 0.2) is 30.6 Å². The monoisotopic (exact) mass is 437 g/mol. The summed E-state index contributed by atoms with van der Waals surface area (Å²) in [6.45, 7) is 5.00. The van der Waals surface area contributed by atoms with E-state index in [9.17, 15) is 22.4 Å². The highest BCUT2D eigenvalue weighted by Gasteiger charge is 2.41. The normalized spacial score (nSPS) is 19.3. The topological polar surface area (TPSA) is 85.8 Å². The second-order valence-corrected chi connectivity index (χ2v) is 7.87. The Hall–Kier alpha value is -3.21. The lowest BCUT2D eigenvalue weighted by molar-refractivity contribution is -0.153. The van der Waals surface area contributed by atoms with Crippen molar-refractivity contribution in [3.05, 3.63) is 42.0 Å².